The molecule has 3 rings (SSSR count). The van der Waals surface area contributed by atoms with Gasteiger partial charge in [-0.3, -0.25) is 4.90 Å². The number of anilines is 1. The van der Waals surface area contributed by atoms with E-state index in [0.29, 0.717) is 5.56 Å². The molecule has 2 N–H and O–H groups in total. The van der Waals surface area contributed by atoms with Crippen LogP contribution in [0, 0.1) is 14.9 Å². The summed E-state index contributed by atoms with van der Waals surface area (Å²) < 4.78 is 52.4. The Morgan fingerprint density at radius 2 is 1.75 bits per heavy atom. The lowest BCUT2D eigenvalue weighted by atomic mass is 9.81. The highest BCUT2D eigenvalue weighted by Crippen LogP contribution is 2.46. The Morgan fingerprint density at radius 3 is 2.28 bits per heavy atom. The van der Waals surface area contributed by atoms with E-state index in [4.69, 9.17) is 15.2 Å². The highest BCUT2D eigenvalue weighted by atomic mass is 127. The number of nitrogens with two attached hydrogens (primary N) is 1. The molecule has 36 heavy (non-hydrogen) atoms. The zero-order valence-corrected chi connectivity index (χ0v) is 22.3. The second kappa shape index (κ2) is 10.8. The summed E-state index contributed by atoms with van der Waals surface area (Å²) in [5.41, 5.74) is 6.28. The normalized spacial score (nSPS) is 15.9. The number of rotatable bonds is 5. The molecule has 0 aliphatic carbocycles. The maximum Gasteiger partial charge on any atom is 0.573 e. The van der Waals surface area contributed by atoms with E-state index in [1.807, 2.05) is 6.07 Å². The van der Waals surface area contributed by atoms with Gasteiger partial charge in [-0.2, -0.15) is 5.26 Å². The van der Waals surface area contributed by atoms with Crippen LogP contribution in [-0.4, -0.2) is 32.5 Å². The molecule has 8 nitrogen and oxygen atoms in total. The molecule has 1 aliphatic heterocycles. The van der Waals surface area contributed by atoms with E-state index in [-0.39, 0.29) is 36.4 Å². The summed E-state index contributed by atoms with van der Waals surface area (Å²) in [5, 5.41) is 10.0. The van der Waals surface area contributed by atoms with Crippen molar-refractivity contribution in [3.8, 4) is 11.8 Å². The SMILES string of the molecule is COC(=O)C1=C(C(=O)OC)N(c2cc(Br)c(OC(F)(F)F)cc2I)C(N)=C(C#N)C1c1ccccc1. The maximum atomic E-state index is 13.1. The number of esters is 2. The van der Waals surface area contributed by atoms with Gasteiger partial charge in [0.05, 0.1) is 47.5 Å². The molecular weight excluding hydrogens is 662 g/mol. The molecular formula is C23H16BrF3IN3O5. The second-order valence-corrected chi connectivity index (χ2v) is 9.13. The summed E-state index contributed by atoms with van der Waals surface area (Å²) in [4.78, 5) is 27.2. The molecule has 1 heterocycles. The Bertz CT molecular complexity index is 1320. The van der Waals surface area contributed by atoms with Crippen molar-refractivity contribution in [3.63, 3.8) is 0 Å². The molecule has 0 saturated carbocycles. The van der Waals surface area contributed by atoms with Crippen LogP contribution < -0.4 is 15.4 Å². The summed E-state index contributed by atoms with van der Waals surface area (Å²) >= 11 is 4.75. The summed E-state index contributed by atoms with van der Waals surface area (Å²) in [6.45, 7) is 0. The van der Waals surface area contributed by atoms with E-state index in [1.165, 1.54) is 6.07 Å². The number of hydrogen-bond acceptors (Lipinski definition) is 8. The van der Waals surface area contributed by atoms with Gasteiger partial charge in [-0.05, 0) is 56.2 Å². The number of allylic oxidation sites excluding steroid dienone is 1. The lowest BCUT2D eigenvalue weighted by molar-refractivity contribution is -0.274. The van der Waals surface area contributed by atoms with Crippen LogP contribution in [-0.2, 0) is 19.1 Å². The van der Waals surface area contributed by atoms with Gasteiger partial charge in [0.1, 0.15) is 17.3 Å². The number of halogens is 5. The monoisotopic (exact) mass is 677 g/mol. The van der Waals surface area contributed by atoms with Gasteiger partial charge in [-0.15, -0.1) is 13.2 Å². The van der Waals surface area contributed by atoms with Crippen molar-refractivity contribution >= 4 is 56.1 Å². The molecule has 1 unspecified atom stereocenters. The van der Waals surface area contributed by atoms with Crippen LogP contribution in [0.5, 0.6) is 5.75 Å². The van der Waals surface area contributed by atoms with Crippen molar-refractivity contribution in [1.82, 2.24) is 0 Å². The van der Waals surface area contributed by atoms with Crippen molar-refractivity contribution < 1.29 is 37.0 Å². The third-order valence-electron chi connectivity index (χ3n) is 5.08. The maximum absolute atomic E-state index is 13.1. The summed E-state index contributed by atoms with van der Waals surface area (Å²) in [7, 11) is 2.19. The smallest absolute Gasteiger partial charge is 0.466 e. The highest BCUT2D eigenvalue weighted by molar-refractivity contribution is 14.1. The van der Waals surface area contributed by atoms with Crippen LogP contribution in [0.1, 0.15) is 11.5 Å². The van der Waals surface area contributed by atoms with E-state index in [1.54, 1.807) is 52.9 Å². The van der Waals surface area contributed by atoms with Crippen LogP contribution in [0.2, 0.25) is 0 Å². The predicted octanol–water partition coefficient (Wildman–Crippen LogP) is 4.85. The van der Waals surface area contributed by atoms with E-state index in [9.17, 15) is 28.0 Å². The first-order valence-electron chi connectivity index (χ1n) is 9.85. The average Bonchev–Trinajstić information content (AvgIpc) is 2.84. The zero-order chi connectivity index (χ0) is 26.8. The van der Waals surface area contributed by atoms with Gasteiger partial charge >= 0.3 is 18.3 Å². The van der Waals surface area contributed by atoms with Gasteiger partial charge < -0.3 is 19.9 Å². The van der Waals surface area contributed by atoms with Crippen molar-refractivity contribution in [3.05, 3.63) is 78.7 Å². The van der Waals surface area contributed by atoms with Gasteiger partial charge in [0.15, 0.2) is 0 Å². The molecule has 13 heteroatoms. The van der Waals surface area contributed by atoms with Gasteiger partial charge in [0.25, 0.3) is 0 Å². The molecule has 0 radical (unpaired) electrons. The van der Waals surface area contributed by atoms with Crippen molar-refractivity contribution in [2.75, 3.05) is 19.1 Å². The van der Waals surface area contributed by atoms with Crippen LogP contribution in [0.3, 0.4) is 0 Å². The minimum absolute atomic E-state index is 0.0792. The molecule has 2 aromatic carbocycles. The van der Waals surface area contributed by atoms with Crippen molar-refractivity contribution in [2.45, 2.75) is 12.3 Å². The zero-order valence-electron chi connectivity index (χ0n) is 18.5. The number of ether oxygens (including phenoxy) is 3. The summed E-state index contributed by atoms with van der Waals surface area (Å²) in [6, 6.07) is 12.6. The Kier molecular flexibility index (Phi) is 8.19. The van der Waals surface area contributed by atoms with E-state index in [2.05, 4.69) is 20.7 Å². The van der Waals surface area contributed by atoms with Gasteiger partial charge in [-0.1, -0.05) is 30.3 Å². The summed E-state index contributed by atoms with van der Waals surface area (Å²) in [5.74, 6) is -3.77. The number of nitrogens with zero attached hydrogens (tertiary/aromatic N) is 2. The molecule has 0 saturated heterocycles. The molecule has 0 aromatic heterocycles. The average molecular weight is 678 g/mol. The largest absolute Gasteiger partial charge is 0.573 e. The molecule has 0 spiro atoms. The predicted molar refractivity (Wildman–Crippen MR) is 133 cm³/mol. The molecule has 0 amide bonds. The Morgan fingerprint density at radius 1 is 1.14 bits per heavy atom. The highest BCUT2D eigenvalue weighted by Gasteiger charge is 2.43. The van der Waals surface area contributed by atoms with Crippen LogP contribution in [0.25, 0.3) is 0 Å². The number of alkyl halides is 3. The van der Waals surface area contributed by atoms with E-state index < -0.39 is 30.0 Å². The van der Waals surface area contributed by atoms with Gasteiger partial charge in [0, 0.05) is 3.57 Å². The first-order chi connectivity index (χ1) is 16.9. The van der Waals surface area contributed by atoms with Gasteiger partial charge in [-0.25, -0.2) is 9.59 Å². The molecule has 1 aliphatic rings. The number of methoxy groups -OCH3 is 2. The van der Waals surface area contributed by atoms with E-state index in [0.717, 1.165) is 25.2 Å². The molecule has 0 fully saturated rings. The fourth-order valence-electron chi connectivity index (χ4n) is 3.66. The number of carbonyl (C=O) groups excluding carboxylic acids is 2. The van der Waals surface area contributed by atoms with Crippen LogP contribution in [0.15, 0.2) is 69.6 Å². The Labute approximate surface area is 225 Å². The number of benzene rings is 2. The number of nitriles is 1. The standard InChI is InChI=1S/C23H16BrF3IN3O5/c1-34-21(32)18-17(11-6-4-3-5-7-11)12(10-29)20(30)31(19(18)22(33)35-2)15-8-13(24)16(9-14(15)28)36-23(25,26)27/h3-9,17H,30H2,1-2H3. The fraction of sp³-hybridized carbons (Fsp3) is 0.174. The molecule has 2 aromatic rings. The Balaban J connectivity index is 2.38. The lowest BCUT2D eigenvalue weighted by Gasteiger charge is -2.36. The fourth-order valence-corrected chi connectivity index (χ4v) is 4.75. The quantitative estimate of drug-likeness (QED) is 0.353. The molecule has 0 bridgehead atoms. The van der Waals surface area contributed by atoms with E-state index >= 15 is 0 Å². The number of hydrogen-bond donors (Lipinski definition) is 1. The number of carbonyl (C=O) groups is 2. The Hall–Kier alpha value is -3.25. The van der Waals surface area contributed by atoms with Crippen LogP contribution in [0.4, 0.5) is 18.9 Å². The topological polar surface area (TPSA) is 115 Å². The molecule has 188 valence electrons. The van der Waals surface area contributed by atoms with Crippen molar-refractivity contribution in [2.24, 2.45) is 5.73 Å². The first kappa shape index (κ1) is 27.3. The van der Waals surface area contributed by atoms with Gasteiger partial charge in [0.2, 0.25) is 0 Å². The summed E-state index contributed by atoms with van der Waals surface area (Å²) in [6.07, 6.45) is -4.96. The lowest BCUT2D eigenvalue weighted by Crippen LogP contribution is -2.41. The third kappa shape index (κ3) is 5.29. The second-order valence-electron chi connectivity index (χ2n) is 7.12. The van der Waals surface area contributed by atoms with Crippen molar-refractivity contribution in [1.29, 1.82) is 5.26 Å². The molecule has 1 atom stereocenters. The van der Waals surface area contributed by atoms with Crippen LogP contribution >= 0.6 is 38.5 Å². The third-order valence-corrected chi connectivity index (χ3v) is 6.56. The minimum Gasteiger partial charge on any atom is -0.466 e. The first-order valence-corrected chi connectivity index (χ1v) is 11.7. The minimum atomic E-state index is -4.96.